The Bertz CT molecular complexity index is 741. The third-order valence-corrected chi connectivity index (χ3v) is 3.77. The fourth-order valence-corrected chi connectivity index (χ4v) is 2.76. The minimum Gasteiger partial charge on any atom is -0.374 e. The van der Waals surface area contributed by atoms with Crippen LogP contribution in [0.4, 0.5) is 0 Å². The van der Waals surface area contributed by atoms with Crippen LogP contribution < -0.4 is 5.32 Å². The molecule has 1 unspecified atom stereocenters. The molecule has 0 spiro atoms. The summed E-state index contributed by atoms with van der Waals surface area (Å²) in [6.45, 7) is 3.37. The lowest BCUT2D eigenvalue weighted by Crippen LogP contribution is -2.40. The van der Waals surface area contributed by atoms with E-state index in [0.717, 1.165) is 43.3 Å². The maximum atomic E-state index is 5.78. The van der Waals surface area contributed by atoms with Crippen molar-refractivity contribution >= 4 is 5.52 Å². The van der Waals surface area contributed by atoms with Gasteiger partial charge in [-0.15, -0.1) is 0 Å². The Morgan fingerprint density at radius 2 is 2.29 bits per heavy atom. The van der Waals surface area contributed by atoms with E-state index in [9.17, 15) is 0 Å². The molecule has 1 aliphatic heterocycles. The van der Waals surface area contributed by atoms with Crippen molar-refractivity contribution in [1.29, 1.82) is 0 Å². The van der Waals surface area contributed by atoms with Crippen molar-refractivity contribution in [3.63, 3.8) is 0 Å². The molecule has 0 radical (unpaired) electrons. The van der Waals surface area contributed by atoms with Crippen LogP contribution in [-0.4, -0.2) is 45.0 Å². The maximum absolute atomic E-state index is 5.78. The largest absolute Gasteiger partial charge is 0.374 e. The second-order valence-corrected chi connectivity index (χ2v) is 5.18. The topological polar surface area (TPSA) is 56.4 Å². The van der Waals surface area contributed by atoms with Gasteiger partial charge >= 0.3 is 0 Å². The van der Waals surface area contributed by atoms with Crippen LogP contribution in [0.5, 0.6) is 0 Å². The molecule has 1 fully saturated rings. The first kappa shape index (κ1) is 12.6. The summed E-state index contributed by atoms with van der Waals surface area (Å²) in [6, 6.07) is 8.10. The van der Waals surface area contributed by atoms with Crippen molar-refractivity contribution in [3.8, 4) is 11.5 Å². The van der Waals surface area contributed by atoms with Crippen LogP contribution in [-0.2, 0) is 11.3 Å². The summed E-state index contributed by atoms with van der Waals surface area (Å²) in [5, 5.41) is 7.74. The van der Waals surface area contributed by atoms with Gasteiger partial charge in [0.05, 0.1) is 31.0 Å². The first-order valence-electron chi connectivity index (χ1n) is 7.18. The number of ether oxygens (including phenoxy) is 1. The van der Waals surface area contributed by atoms with Gasteiger partial charge in [-0.05, 0) is 18.2 Å². The van der Waals surface area contributed by atoms with Gasteiger partial charge in [0.25, 0.3) is 0 Å². The van der Waals surface area contributed by atoms with E-state index in [-0.39, 0.29) is 6.10 Å². The van der Waals surface area contributed by atoms with Crippen molar-refractivity contribution in [2.75, 3.05) is 19.7 Å². The fourth-order valence-electron chi connectivity index (χ4n) is 2.76. The van der Waals surface area contributed by atoms with E-state index in [1.807, 2.05) is 41.2 Å². The second-order valence-electron chi connectivity index (χ2n) is 5.18. The SMILES string of the molecule is c1cc(-c2nccn2CC2CNCCO2)n2nccc2c1. The molecule has 108 valence electrons. The molecule has 6 nitrogen and oxygen atoms in total. The Balaban J connectivity index is 1.69. The van der Waals surface area contributed by atoms with Crippen molar-refractivity contribution in [1.82, 2.24) is 24.5 Å². The molecule has 1 atom stereocenters. The molecule has 0 aromatic carbocycles. The minimum absolute atomic E-state index is 0.184. The van der Waals surface area contributed by atoms with Gasteiger partial charge in [-0.3, -0.25) is 0 Å². The lowest BCUT2D eigenvalue weighted by Gasteiger charge is -2.24. The highest BCUT2D eigenvalue weighted by atomic mass is 16.5. The number of pyridine rings is 1. The van der Waals surface area contributed by atoms with Crippen LogP contribution in [0.1, 0.15) is 0 Å². The molecule has 0 aliphatic carbocycles. The van der Waals surface area contributed by atoms with Crippen molar-refractivity contribution < 1.29 is 4.74 Å². The van der Waals surface area contributed by atoms with E-state index < -0.39 is 0 Å². The summed E-state index contributed by atoms with van der Waals surface area (Å²) in [6.07, 6.45) is 5.81. The summed E-state index contributed by atoms with van der Waals surface area (Å²) < 4.78 is 9.83. The molecule has 0 saturated carbocycles. The summed E-state index contributed by atoms with van der Waals surface area (Å²) >= 11 is 0. The molecule has 3 aromatic rings. The lowest BCUT2D eigenvalue weighted by molar-refractivity contribution is 0.0184. The molecule has 1 saturated heterocycles. The standard InChI is InChI=1S/C15H17N5O/c1-2-12-4-5-18-20(12)14(3-1)15-17-6-8-19(15)11-13-10-16-7-9-21-13/h1-6,8,13,16H,7,9-11H2. The first-order valence-corrected chi connectivity index (χ1v) is 7.18. The monoisotopic (exact) mass is 283 g/mol. The van der Waals surface area contributed by atoms with Gasteiger partial charge in [0.1, 0.15) is 5.69 Å². The predicted octanol–water partition coefficient (Wildman–Crippen LogP) is 1.19. The molecule has 0 bridgehead atoms. The van der Waals surface area contributed by atoms with Crippen LogP contribution in [0.3, 0.4) is 0 Å². The Morgan fingerprint density at radius 1 is 1.29 bits per heavy atom. The van der Waals surface area contributed by atoms with E-state index in [2.05, 4.69) is 20.0 Å². The number of imidazole rings is 1. The van der Waals surface area contributed by atoms with Gasteiger partial charge in [0.2, 0.25) is 0 Å². The maximum Gasteiger partial charge on any atom is 0.158 e. The zero-order valence-electron chi connectivity index (χ0n) is 11.6. The number of hydrogen-bond donors (Lipinski definition) is 1. The zero-order chi connectivity index (χ0) is 14.1. The Morgan fingerprint density at radius 3 is 3.19 bits per heavy atom. The highest BCUT2D eigenvalue weighted by Gasteiger charge is 2.17. The van der Waals surface area contributed by atoms with Crippen LogP contribution in [0.15, 0.2) is 42.9 Å². The third-order valence-electron chi connectivity index (χ3n) is 3.77. The van der Waals surface area contributed by atoms with Gasteiger partial charge in [-0.1, -0.05) is 6.07 Å². The molecular weight excluding hydrogens is 266 g/mol. The van der Waals surface area contributed by atoms with Crippen molar-refractivity contribution in [3.05, 3.63) is 42.9 Å². The molecule has 0 amide bonds. The fraction of sp³-hybridized carbons (Fsp3) is 0.333. The molecule has 21 heavy (non-hydrogen) atoms. The van der Waals surface area contributed by atoms with E-state index in [0.29, 0.717) is 0 Å². The summed E-state index contributed by atoms with van der Waals surface area (Å²) in [7, 11) is 0. The molecule has 1 aliphatic rings. The molecule has 4 heterocycles. The van der Waals surface area contributed by atoms with Gasteiger partial charge in [-0.2, -0.15) is 5.10 Å². The number of fused-ring (bicyclic) bond motifs is 1. The Kier molecular flexibility index (Phi) is 3.17. The molecular formula is C15H17N5O. The Labute approximate surface area is 122 Å². The minimum atomic E-state index is 0.184. The Hall–Kier alpha value is -2.18. The highest BCUT2D eigenvalue weighted by molar-refractivity contribution is 5.58. The van der Waals surface area contributed by atoms with Crippen LogP contribution in [0.25, 0.3) is 17.0 Å². The van der Waals surface area contributed by atoms with Crippen LogP contribution >= 0.6 is 0 Å². The number of hydrogen-bond acceptors (Lipinski definition) is 4. The first-order chi connectivity index (χ1) is 10.4. The summed E-state index contributed by atoms with van der Waals surface area (Å²) in [5.41, 5.74) is 2.06. The van der Waals surface area contributed by atoms with E-state index in [1.165, 1.54) is 0 Å². The molecule has 6 heteroatoms. The number of nitrogens with zero attached hydrogens (tertiary/aromatic N) is 4. The number of morpholine rings is 1. The van der Waals surface area contributed by atoms with E-state index >= 15 is 0 Å². The van der Waals surface area contributed by atoms with Gasteiger partial charge in [0.15, 0.2) is 5.82 Å². The smallest absolute Gasteiger partial charge is 0.158 e. The van der Waals surface area contributed by atoms with E-state index in [1.54, 1.807) is 6.20 Å². The second kappa shape index (κ2) is 5.31. The van der Waals surface area contributed by atoms with Crippen molar-refractivity contribution in [2.45, 2.75) is 12.6 Å². The molecule has 1 N–H and O–H groups in total. The van der Waals surface area contributed by atoms with Crippen molar-refractivity contribution in [2.24, 2.45) is 0 Å². The number of rotatable bonds is 3. The number of nitrogens with one attached hydrogen (secondary N) is 1. The van der Waals surface area contributed by atoms with E-state index in [4.69, 9.17) is 4.74 Å². The lowest BCUT2D eigenvalue weighted by atomic mass is 10.2. The zero-order valence-corrected chi connectivity index (χ0v) is 11.6. The van der Waals surface area contributed by atoms with Gasteiger partial charge in [-0.25, -0.2) is 9.50 Å². The third kappa shape index (κ3) is 2.32. The number of aromatic nitrogens is 4. The highest BCUT2D eigenvalue weighted by Crippen LogP contribution is 2.19. The molecule has 3 aromatic heterocycles. The van der Waals surface area contributed by atoms with Crippen LogP contribution in [0, 0.1) is 0 Å². The predicted molar refractivity (Wildman–Crippen MR) is 79.0 cm³/mol. The normalized spacial score (nSPS) is 19.1. The molecule has 4 rings (SSSR count). The van der Waals surface area contributed by atoms with Crippen LogP contribution in [0.2, 0.25) is 0 Å². The van der Waals surface area contributed by atoms with Gasteiger partial charge in [0, 0.05) is 25.5 Å². The average Bonchev–Trinajstić information content (AvgIpc) is 3.16. The average molecular weight is 283 g/mol. The van der Waals surface area contributed by atoms with Gasteiger partial charge < -0.3 is 14.6 Å². The summed E-state index contributed by atoms with van der Waals surface area (Å²) in [5.74, 6) is 0.915. The summed E-state index contributed by atoms with van der Waals surface area (Å²) in [4.78, 5) is 4.51. The quantitative estimate of drug-likeness (QED) is 0.784.